The molecule has 0 spiro atoms. The van der Waals surface area contributed by atoms with E-state index in [0.29, 0.717) is 5.56 Å². The molecule has 18 nitrogen and oxygen atoms in total. The molecule has 18 heteroatoms. The highest BCUT2D eigenvalue weighted by Crippen LogP contribution is 2.36. The number of hydrogen-bond donors (Lipinski definition) is 0. The molecular formula is C55H56O18. The van der Waals surface area contributed by atoms with Gasteiger partial charge in [-0.1, -0.05) is 115 Å². The summed E-state index contributed by atoms with van der Waals surface area (Å²) < 4.78 is 73.9. The van der Waals surface area contributed by atoms with Crippen molar-refractivity contribution >= 4 is 35.8 Å². The molecule has 0 amide bonds. The summed E-state index contributed by atoms with van der Waals surface area (Å²) in [6.07, 6.45) is -16.4. The van der Waals surface area contributed by atoms with Gasteiger partial charge in [0.2, 0.25) is 0 Å². The number of methoxy groups -OCH3 is 1. The number of rotatable bonds is 21. The molecular weight excluding hydrogens is 949 g/mol. The zero-order valence-corrected chi connectivity index (χ0v) is 40.5. The Morgan fingerprint density at radius 2 is 0.945 bits per heavy atom. The Bertz CT molecular complexity index is 2570. The molecule has 0 bridgehead atoms. The van der Waals surface area contributed by atoms with E-state index in [1.807, 2.05) is 30.3 Å². The number of benzene rings is 5. The van der Waals surface area contributed by atoms with Crippen LogP contribution in [0.15, 0.2) is 152 Å². The Labute approximate surface area is 421 Å². The molecule has 0 N–H and O–H groups in total. The number of ether oxygens (including phenoxy) is 12. The Kier molecular flexibility index (Phi) is 19.3. The van der Waals surface area contributed by atoms with Crippen LogP contribution in [0.5, 0.6) is 0 Å². The molecule has 73 heavy (non-hydrogen) atoms. The molecule has 7 rings (SSSR count). The quantitative estimate of drug-likeness (QED) is 0.0563. The summed E-state index contributed by atoms with van der Waals surface area (Å²) in [5.41, 5.74) is 1.45. The molecule has 384 valence electrons. The zero-order chi connectivity index (χ0) is 51.7. The van der Waals surface area contributed by atoms with Gasteiger partial charge in [-0.2, -0.15) is 0 Å². The van der Waals surface area contributed by atoms with Crippen molar-refractivity contribution in [2.75, 3.05) is 26.9 Å². The summed E-state index contributed by atoms with van der Waals surface area (Å²) in [5, 5.41) is 0. The maximum Gasteiger partial charge on any atom is 0.339 e. The van der Waals surface area contributed by atoms with E-state index in [1.54, 1.807) is 91.9 Å². The third-order valence-electron chi connectivity index (χ3n) is 11.5. The highest BCUT2D eigenvalue weighted by atomic mass is 16.8. The van der Waals surface area contributed by atoms with Crippen LogP contribution in [0.2, 0.25) is 0 Å². The first kappa shape index (κ1) is 53.5. The number of carbonyl (C=O) groups excluding carboxylic acids is 6. The molecule has 0 aromatic heterocycles. The lowest BCUT2D eigenvalue weighted by Crippen LogP contribution is -2.65. The van der Waals surface area contributed by atoms with Crippen molar-refractivity contribution in [1.29, 1.82) is 0 Å². The Hall–Kier alpha value is -7.32. The molecule has 5 aromatic rings. The largest absolute Gasteiger partial charge is 0.464 e. The van der Waals surface area contributed by atoms with Gasteiger partial charge in [0.1, 0.15) is 31.0 Å². The lowest BCUT2D eigenvalue weighted by molar-refractivity contribution is -0.340. The van der Waals surface area contributed by atoms with Gasteiger partial charge >= 0.3 is 35.8 Å². The standard InChI is InChI=1S/C55H56O18/c1-5-63-53(61)43(37-23-13-7-14-24-37)70-49-46(67-35(3)57)44(65-31-36-21-11-6-12-22-36)41(32-64-34(2)56)69-55(49)66-33-42-45(71-50(58)38-25-15-8-16-26-38)47(72-51(59)39-27-17-9-18-28-39)48(54(62-4)68-42)73-52(60)40-29-19-10-20-30-40/h6-30,41-49,54-55H,5,31-33H2,1-4H3/t41-,42-,43-,44+,45-,46+,47+,48-,49-,54+,55+/m1/s1. The normalized spacial score (nSPS) is 23.9. The molecule has 0 saturated carbocycles. The Morgan fingerprint density at radius 3 is 1.45 bits per heavy atom. The first-order valence-corrected chi connectivity index (χ1v) is 23.5. The van der Waals surface area contributed by atoms with Crippen LogP contribution < -0.4 is 0 Å². The first-order chi connectivity index (χ1) is 35.4. The lowest BCUT2D eigenvalue weighted by Gasteiger charge is -2.47. The SMILES string of the molecule is CCOC(=O)[C@H](O[C@H]1[C@@H](OC[C@H]2O[C@H](OC)[C@H](OC(=O)c3ccccc3)[C@@H](OC(=O)c3ccccc3)[C@@H]2OC(=O)c2ccccc2)O[C@H](COC(C)=O)[C@H](OCc2ccccc2)[C@@H]1OC(C)=O)c1ccccc1. The van der Waals surface area contributed by atoms with Crippen LogP contribution in [0.4, 0.5) is 0 Å². The minimum Gasteiger partial charge on any atom is -0.464 e. The predicted octanol–water partition coefficient (Wildman–Crippen LogP) is 6.55. The van der Waals surface area contributed by atoms with Gasteiger partial charge < -0.3 is 56.8 Å². The van der Waals surface area contributed by atoms with Gasteiger partial charge in [-0.25, -0.2) is 19.2 Å². The van der Waals surface area contributed by atoms with Gasteiger partial charge in [-0.05, 0) is 54.4 Å². The van der Waals surface area contributed by atoms with Gasteiger partial charge in [0, 0.05) is 21.0 Å². The van der Waals surface area contributed by atoms with Gasteiger partial charge in [-0.3, -0.25) is 9.59 Å². The number of carbonyl (C=O) groups is 6. The summed E-state index contributed by atoms with van der Waals surface area (Å²) in [6, 6.07) is 41.4. The average Bonchev–Trinajstić information content (AvgIpc) is 3.41. The molecule has 11 atom stereocenters. The van der Waals surface area contributed by atoms with E-state index >= 15 is 0 Å². The lowest BCUT2D eigenvalue weighted by atomic mass is 9.96. The van der Waals surface area contributed by atoms with Crippen molar-refractivity contribution in [3.63, 3.8) is 0 Å². The van der Waals surface area contributed by atoms with Crippen molar-refractivity contribution < 1.29 is 85.6 Å². The van der Waals surface area contributed by atoms with E-state index in [9.17, 15) is 28.8 Å². The maximum absolute atomic E-state index is 14.1. The second-order valence-corrected chi connectivity index (χ2v) is 16.6. The van der Waals surface area contributed by atoms with Gasteiger partial charge in [0.25, 0.3) is 0 Å². The van der Waals surface area contributed by atoms with Crippen LogP contribution in [0.3, 0.4) is 0 Å². The monoisotopic (exact) mass is 1000 g/mol. The van der Waals surface area contributed by atoms with Crippen molar-refractivity contribution in [1.82, 2.24) is 0 Å². The molecule has 2 aliphatic rings. The summed E-state index contributed by atoms with van der Waals surface area (Å²) in [4.78, 5) is 81.3. The second kappa shape index (κ2) is 26.4. The summed E-state index contributed by atoms with van der Waals surface area (Å²) in [6.45, 7) is 2.88. The summed E-state index contributed by atoms with van der Waals surface area (Å²) in [7, 11) is 1.27. The van der Waals surface area contributed by atoms with Crippen LogP contribution in [0.1, 0.15) is 69.1 Å². The Balaban J connectivity index is 1.31. The van der Waals surface area contributed by atoms with Crippen molar-refractivity contribution in [2.45, 2.75) is 94.9 Å². The van der Waals surface area contributed by atoms with E-state index < -0.39 is 117 Å². The van der Waals surface area contributed by atoms with Crippen LogP contribution in [0, 0.1) is 0 Å². The molecule has 0 aliphatic carbocycles. The highest BCUT2D eigenvalue weighted by molar-refractivity contribution is 5.91. The van der Waals surface area contributed by atoms with Crippen LogP contribution >= 0.6 is 0 Å². The second-order valence-electron chi connectivity index (χ2n) is 16.6. The molecule has 0 unspecified atom stereocenters. The summed E-state index contributed by atoms with van der Waals surface area (Å²) in [5.74, 6) is -4.85. The molecule has 2 fully saturated rings. The third-order valence-corrected chi connectivity index (χ3v) is 11.5. The van der Waals surface area contributed by atoms with Crippen LogP contribution in [-0.4, -0.2) is 124 Å². The fraction of sp³-hybridized carbons (Fsp3) is 0.345. The molecule has 2 aliphatic heterocycles. The predicted molar refractivity (Wildman–Crippen MR) is 255 cm³/mol. The minimum absolute atomic E-state index is 0.0201. The minimum atomic E-state index is -1.66. The van der Waals surface area contributed by atoms with Gasteiger partial charge in [0.15, 0.2) is 43.1 Å². The zero-order valence-electron chi connectivity index (χ0n) is 40.5. The molecule has 2 heterocycles. The highest BCUT2D eigenvalue weighted by Gasteiger charge is 2.56. The topological polar surface area (TPSA) is 213 Å². The van der Waals surface area contributed by atoms with E-state index in [4.69, 9.17) is 56.8 Å². The fourth-order valence-corrected chi connectivity index (χ4v) is 8.15. The van der Waals surface area contributed by atoms with E-state index in [-0.39, 0.29) is 29.9 Å². The molecule has 5 aromatic carbocycles. The number of esters is 6. The van der Waals surface area contributed by atoms with E-state index in [1.165, 1.54) is 57.4 Å². The van der Waals surface area contributed by atoms with Gasteiger partial charge in [-0.15, -0.1) is 0 Å². The van der Waals surface area contributed by atoms with E-state index in [2.05, 4.69) is 0 Å². The number of hydrogen-bond acceptors (Lipinski definition) is 18. The van der Waals surface area contributed by atoms with Crippen molar-refractivity contribution in [3.8, 4) is 0 Å². The molecule has 2 saturated heterocycles. The Morgan fingerprint density at radius 1 is 0.479 bits per heavy atom. The molecule has 0 radical (unpaired) electrons. The maximum atomic E-state index is 14.1. The first-order valence-electron chi connectivity index (χ1n) is 23.5. The van der Waals surface area contributed by atoms with Gasteiger partial charge in [0.05, 0.1) is 36.5 Å². The average molecular weight is 1010 g/mol. The van der Waals surface area contributed by atoms with Crippen LogP contribution in [0.25, 0.3) is 0 Å². The fourth-order valence-electron chi connectivity index (χ4n) is 8.15. The van der Waals surface area contributed by atoms with Crippen molar-refractivity contribution in [3.05, 3.63) is 179 Å². The van der Waals surface area contributed by atoms with Crippen molar-refractivity contribution in [2.24, 2.45) is 0 Å². The summed E-state index contributed by atoms with van der Waals surface area (Å²) >= 11 is 0. The van der Waals surface area contributed by atoms with Crippen LogP contribution in [-0.2, 0) is 77.8 Å². The van der Waals surface area contributed by atoms with E-state index in [0.717, 1.165) is 5.56 Å². The third kappa shape index (κ3) is 14.4. The smallest absolute Gasteiger partial charge is 0.339 e.